The molecule has 1 aromatic carbocycles. The third-order valence-corrected chi connectivity index (χ3v) is 2.82. The molecule has 0 aliphatic carbocycles. The molecule has 0 aliphatic heterocycles. The molecule has 0 saturated carbocycles. The number of hydrogen-bond donors (Lipinski definition) is 2. The fourth-order valence-corrected chi connectivity index (χ4v) is 1.59. The molecule has 0 bridgehead atoms. The Hall–Kier alpha value is -1.67. The zero-order valence-electron chi connectivity index (χ0n) is 9.33. The number of rotatable bonds is 5. The highest BCUT2D eigenvalue weighted by molar-refractivity contribution is 7.89. The van der Waals surface area contributed by atoms with Crippen molar-refractivity contribution in [1.82, 2.24) is 0 Å². The normalized spacial score (nSPS) is 12.5. The first-order valence-corrected chi connectivity index (χ1v) is 6.52. The van der Waals surface area contributed by atoms with Gasteiger partial charge in [-0.1, -0.05) is 6.92 Å². The Bertz CT molecular complexity index is 495. The number of nitrogens with zero attached hydrogens (tertiary/aromatic N) is 2. The average Bonchev–Trinajstić information content (AvgIpc) is 2.26. The Morgan fingerprint density at radius 1 is 1.41 bits per heavy atom. The Morgan fingerprint density at radius 3 is 2.47 bits per heavy atom. The van der Waals surface area contributed by atoms with E-state index in [4.69, 9.17) is 5.14 Å². The number of sulfonamides is 1. The molecule has 0 heterocycles. The van der Waals surface area contributed by atoms with E-state index in [1.165, 1.54) is 24.3 Å². The summed E-state index contributed by atoms with van der Waals surface area (Å²) in [5.74, 6) is 0. The molecule has 3 N–H and O–H groups in total. The third-order valence-electron chi connectivity index (χ3n) is 1.89. The summed E-state index contributed by atoms with van der Waals surface area (Å²) in [6.45, 7) is 2.16. The summed E-state index contributed by atoms with van der Waals surface area (Å²) in [5, 5.41) is 19.5. The second kappa shape index (κ2) is 5.60. The number of anilines is 1. The first-order valence-electron chi connectivity index (χ1n) is 4.97. The third kappa shape index (κ3) is 4.37. The van der Waals surface area contributed by atoms with Gasteiger partial charge in [0.1, 0.15) is 12.2 Å². The fraction of sp³-hybridized carbons (Fsp3) is 0.333. The minimum atomic E-state index is -3.69. The summed E-state index contributed by atoms with van der Waals surface area (Å²) in [6, 6.07) is 5.62. The van der Waals surface area contributed by atoms with Gasteiger partial charge in [0, 0.05) is 0 Å². The van der Waals surface area contributed by atoms with Crippen molar-refractivity contribution >= 4 is 15.7 Å². The van der Waals surface area contributed by atoms with Crippen LogP contribution in [0.15, 0.2) is 34.4 Å². The highest BCUT2D eigenvalue weighted by atomic mass is 32.2. The number of nitrogens with one attached hydrogen (secondary N) is 1. The van der Waals surface area contributed by atoms with Crippen molar-refractivity contribution in [2.45, 2.75) is 18.2 Å². The van der Waals surface area contributed by atoms with Crippen LogP contribution >= 0.6 is 0 Å². The Balaban J connectivity index is 2.73. The Labute approximate surface area is 99.6 Å². The Morgan fingerprint density at radius 2 is 2.00 bits per heavy atom. The lowest BCUT2D eigenvalue weighted by Crippen LogP contribution is -2.11. The number of benzene rings is 1. The highest BCUT2D eigenvalue weighted by Gasteiger charge is 2.07. The number of hydrogen-bond acceptors (Lipinski definition) is 4. The van der Waals surface area contributed by atoms with Gasteiger partial charge in [-0.25, -0.2) is 13.6 Å². The molecule has 7 nitrogen and oxygen atoms in total. The van der Waals surface area contributed by atoms with Gasteiger partial charge in [0.2, 0.25) is 10.0 Å². The van der Waals surface area contributed by atoms with Crippen LogP contribution in [0.2, 0.25) is 0 Å². The minimum Gasteiger partial charge on any atom is -0.696 e. The minimum absolute atomic E-state index is 0.00980. The van der Waals surface area contributed by atoms with Crippen molar-refractivity contribution < 1.29 is 13.3 Å². The van der Waals surface area contributed by atoms with E-state index in [0.29, 0.717) is 23.5 Å². The van der Waals surface area contributed by atoms with Gasteiger partial charge < -0.3 is 5.21 Å². The standard InChI is InChI=1S/C9H14N4O3S/c1-2-7-13(14)12-11-8-3-5-9(6-4-8)17(10,15)16/h3-6,11H,2,7H2,1H3,(H2,10,15,16)/b13-12-. The van der Waals surface area contributed by atoms with E-state index < -0.39 is 10.0 Å². The number of primary sulfonamides is 1. The second-order valence-electron chi connectivity index (χ2n) is 3.36. The van der Waals surface area contributed by atoms with E-state index in [0.717, 1.165) is 0 Å². The number of nitrogens with two attached hydrogens (primary N) is 1. The Kier molecular flexibility index (Phi) is 4.41. The van der Waals surface area contributed by atoms with Crippen LogP contribution in [-0.2, 0) is 10.0 Å². The molecule has 0 aromatic heterocycles. The topological polar surface area (TPSA) is 111 Å². The molecule has 94 valence electrons. The van der Waals surface area contributed by atoms with Crippen molar-refractivity contribution in [3.8, 4) is 0 Å². The van der Waals surface area contributed by atoms with Crippen LogP contribution in [0.5, 0.6) is 0 Å². The quantitative estimate of drug-likeness (QED) is 0.467. The van der Waals surface area contributed by atoms with Crippen molar-refractivity contribution in [3.63, 3.8) is 0 Å². The van der Waals surface area contributed by atoms with Gasteiger partial charge >= 0.3 is 0 Å². The fourth-order valence-electron chi connectivity index (χ4n) is 1.07. The molecule has 0 atom stereocenters. The van der Waals surface area contributed by atoms with Crippen LogP contribution in [0.1, 0.15) is 13.3 Å². The highest BCUT2D eigenvalue weighted by Crippen LogP contribution is 2.12. The lowest BCUT2D eigenvalue weighted by molar-refractivity contribution is -0.528. The van der Waals surface area contributed by atoms with Crippen LogP contribution in [0.4, 0.5) is 5.69 Å². The summed E-state index contributed by atoms with van der Waals surface area (Å²) < 4.78 is 21.9. The zero-order chi connectivity index (χ0) is 12.9. The SMILES string of the molecule is CCC/[N+]([O-])=N/Nc1ccc(S(N)(=O)=O)cc1. The average molecular weight is 258 g/mol. The van der Waals surface area contributed by atoms with E-state index in [2.05, 4.69) is 10.6 Å². The van der Waals surface area contributed by atoms with Crippen molar-refractivity contribution in [3.05, 3.63) is 29.5 Å². The molecule has 0 fully saturated rings. The maximum Gasteiger partial charge on any atom is 0.238 e. The van der Waals surface area contributed by atoms with E-state index in [9.17, 15) is 13.6 Å². The van der Waals surface area contributed by atoms with Crippen LogP contribution in [0.3, 0.4) is 0 Å². The largest absolute Gasteiger partial charge is 0.696 e. The molecule has 0 aliphatic rings. The molecule has 1 rings (SSSR count). The molecule has 0 spiro atoms. The monoisotopic (exact) mass is 258 g/mol. The smallest absolute Gasteiger partial charge is 0.238 e. The van der Waals surface area contributed by atoms with Crippen molar-refractivity contribution in [1.29, 1.82) is 0 Å². The molecular formula is C9H14N4O3S. The second-order valence-corrected chi connectivity index (χ2v) is 4.92. The van der Waals surface area contributed by atoms with E-state index >= 15 is 0 Å². The van der Waals surface area contributed by atoms with E-state index in [-0.39, 0.29) is 4.90 Å². The summed E-state index contributed by atoms with van der Waals surface area (Å²) in [5.41, 5.74) is 3.02. The van der Waals surface area contributed by atoms with Crippen LogP contribution in [0.25, 0.3) is 0 Å². The number of hydroxylamine groups is 1. The van der Waals surface area contributed by atoms with Gasteiger partial charge in [-0.2, -0.15) is 4.86 Å². The van der Waals surface area contributed by atoms with Crippen LogP contribution in [0, 0.1) is 5.21 Å². The lowest BCUT2D eigenvalue weighted by atomic mass is 10.3. The van der Waals surface area contributed by atoms with Gasteiger partial charge in [0.25, 0.3) is 0 Å². The maximum absolute atomic E-state index is 11.0. The summed E-state index contributed by atoms with van der Waals surface area (Å²) >= 11 is 0. The van der Waals surface area contributed by atoms with Gasteiger partial charge in [-0.15, -0.1) is 5.43 Å². The maximum atomic E-state index is 11.0. The molecule has 0 saturated heterocycles. The predicted molar refractivity (Wildman–Crippen MR) is 62.7 cm³/mol. The van der Waals surface area contributed by atoms with E-state index in [1.807, 2.05) is 6.92 Å². The molecule has 1 aromatic rings. The molecule has 0 unspecified atom stereocenters. The molecule has 0 amide bonds. The molecule has 8 heteroatoms. The van der Waals surface area contributed by atoms with Crippen molar-refractivity contribution in [2.24, 2.45) is 10.4 Å². The predicted octanol–water partition coefficient (Wildman–Crippen LogP) is 1.03. The van der Waals surface area contributed by atoms with Crippen LogP contribution in [-0.4, -0.2) is 19.8 Å². The lowest BCUT2D eigenvalue weighted by Gasteiger charge is -2.03. The van der Waals surface area contributed by atoms with Crippen molar-refractivity contribution in [2.75, 3.05) is 12.0 Å². The zero-order valence-corrected chi connectivity index (χ0v) is 10.1. The van der Waals surface area contributed by atoms with Crippen LogP contribution < -0.4 is 10.6 Å². The summed E-state index contributed by atoms with van der Waals surface area (Å²) in [6.07, 6.45) is 0.693. The van der Waals surface area contributed by atoms with Gasteiger partial charge in [-0.3, -0.25) is 0 Å². The molecular weight excluding hydrogens is 244 g/mol. The first-order chi connectivity index (χ1) is 7.93. The van der Waals surface area contributed by atoms with Gasteiger partial charge in [0.15, 0.2) is 0 Å². The summed E-state index contributed by atoms with van der Waals surface area (Å²) in [4.78, 5) is 0.531. The summed E-state index contributed by atoms with van der Waals surface area (Å²) in [7, 11) is -3.69. The van der Waals surface area contributed by atoms with Gasteiger partial charge in [-0.05, 0) is 30.7 Å². The molecule has 0 radical (unpaired) electrons. The van der Waals surface area contributed by atoms with Gasteiger partial charge in [0.05, 0.1) is 10.1 Å². The van der Waals surface area contributed by atoms with E-state index in [1.54, 1.807) is 0 Å². The first kappa shape index (κ1) is 13.4. The molecule has 17 heavy (non-hydrogen) atoms.